The molecule has 0 radical (unpaired) electrons. The van der Waals surface area contributed by atoms with Crippen LogP contribution in [0.25, 0.3) is 12.2 Å². The Labute approximate surface area is 156 Å². The van der Waals surface area contributed by atoms with Gasteiger partial charge in [0.05, 0.1) is 24.6 Å². The van der Waals surface area contributed by atoms with Crippen LogP contribution in [0.3, 0.4) is 0 Å². The van der Waals surface area contributed by atoms with Crippen molar-refractivity contribution in [2.45, 2.75) is 20.3 Å². The van der Waals surface area contributed by atoms with Crippen molar-refractivity contribution in [3.8, 4) is 17.4 Å². The SMILES string of the molecule is COc1cc(/C=C/c2scnc2OC)c(C(=O)O)c(O)c1CC=C(C)C. The number of phenols is 1. The highest BCUT2D eigenvalue weighted by atomic mass is 32.1. The Morgan fingerprint density at radius 1 is 1.27 bits per heavy atom. The van der Waals surface area contributed by atoms with Gasteiger partial charge in [-0.1, -0.05) is 17.7 Å². The third-order valence-corrected chi connectivity index (χ3v) is 4.49. The number of hydrogen-bond acceptors (Lipinski definition) is 6. The van der Waals surface area contributed by atoms with E-state index in [-0.39, 0.29) is 11.3 Å². The highest BCUT2D eigenvalue weighted by Crippen LogP contribution is 2.36. The molecule has 1 aromatic carbocycles. The third kappa shape index (κ3) is 4.23. The summed E-state index contributed by atoms with van der Waals surface area (Å²) in [6, 6.07) is 1.61. The van der Waals surface area contributed by atoms with Crippen molar-refractivity contribution in [1.82, 2.24) is 4.98 Å². The lowest BCUT2D eigenvalue weighted by Gasteiger charge is -2.14. The van der Waals surface area contributed by atoms with E-state index in [4.69, 9.17) is 9.47 Å². The van der Waals surface area contributed by atoms with E-state index in [9.17, 15) is 15.0 Å². The Bertz CT molecular complexity index is 863. The van der Waals surface area contributed by atoms with Gasteiger partial charge >= 0.3 is 5.97 Å². The molecule has 1 aromatic heterocycles. The number of nitrogens with zero attached hydrogens (tertiary/aromatic N) is 1. The standard InChI is InChI=1S/C19H21NO5S/c1-11(2)5-7-13-14(24-3)9-12(16(17(13)21)19(22)23)6-8-15-18(25-4)20-10-26-15/h5-6,8-10,21H,7H2,1-4H3,(H,22,23)/b8-6+. The fraction of sp³-hybridized carbons (Fsp3) is 0.263. The normalized spacial score (nSPS) is 10.8. The second-order valence-electron chi connectivity index (χ2n) is 5.72. The van der Waals surface area contributed by atoms with Crippen LogP contribution in [0.1, 0.15) is 40.2 Å². The van der Waals surface area contributed by atoms with Gasteiger partial charge < -0.3 is 19.7 Å². The molecule has 0 bridgehead atoms. The molecule has 0 fully saturated rings. The summed E-state index contributed by atoms with van der Waals surface area (Å²) in [6.45, 7) is 3.86. The number of hydrogen-bond donors (Lipinski definition) is 2. The van der Waals surface area contributed by atoms with Gasteiger partial charge in [-0.2, -0.15) is 0 Å². The van der Waals surface area contributed by atoms with Crippen LogP contribution in [0.4, 0.5) is 0 Å². The maximum Gasteiger partial charge on any atom is 0.340 e. The highest BCUT2D eigenvalue weighted by molar-refractivity contribution is 7.10. The molecule has 7 heteroatoms. The number of ether oxygens (including phenoxy) is 2. The van der Waals surface area contributed by atoms with Crippen molar-refractivity contribution in [2.75, 3.05) is 14.2 Å². The van der Waals surface area contributed by atoms with Gasteiger partial charge in [-0.3, -0.25) is 0 Å². The Morgan fingerprint density at radius 2 is 2.00 bits per heavy atom. The summed E-state index contributed by atoms with van der Waals surface area (Å²) in [4.78, 5) is 16.5. The van der Waals surface area contributed by atoms with Gasteiger partial charge in [-0.05, 0) is 38.0 Å². The van der Waals surface area contributed by atoms with Gasteiger partial charge in [0.15, 0.2) is 0 Å². The van der Waals surface area contributed by atoms with Crippen molar-refractivity contribution in [3.63, 3.8) is 0 Å². The maximum absolute atomic E-state index is 11.7. The summed E-state index contributed by atoms with van der Waals surface area (Å²) in [5.74, 6) is -0.606. The lowest BCUT2D eigenvalue weighted by molar-refractivity contribution is 0.0693. The zero-order valence-corrected chi connectivity index (χ0v) is 15.9. The van der Waals surface area contributed by atoms with E-state index >= 15 is 0 Å². The topological polar surface area (TPSA) is 88.9 Å². The van der Waals surface area contributed by atoms with E-state index in [1.807, 2.05) is 19.9 Å². The van der Waals surface area contributed by atoms with Gasteiger partial charge in [-0.15, -0.1) is 11.3 Å². The lowest BCUT2D eigenvalue weighted by atomic mass is 9.98. The van der Waals surface area contributed by atoms with Gasteiger partial charge in [0.25, 0.3) is 0 Å². The Balaban J connectivity index is 2.57. The first-order valence-electron chi connectivity index (χ1n) is 7.84. The number of methoxy groups -OCH3 is 2. The number of carboxylic acid groups (broad SMARTS) is 1. The largest absolute Gasteiger partial charge is 0.507 e. The predicted octanol–water partition coefficient (Wildman–Crippen LogP) is 4.24. The minimum absolute atomic E-state index is 0.164. The quantitative estimate of drug-likeness (QED) is 0.704. The van der Waals surface area contributed by atoms with E-state index in [1.54, 1.807) is 23.7 Å². The second kappa shape index (κ2) is 8.53. The number of benzene rings is 1. The van der Waals surface area contributed by atoms with Crippen LogP contribution in [-0.4, -0.2) is 35.4 Å². The Kier molecular flexibility index (Phi) is 6.41. The number of carboxylic acids is 1. The third-order valence-electron chi connectivity index (χ3n) is 3.71. The molecule has 0 unspecified atom stereocenters. The van der Waals surface area contributed by atoms with Crippen LogP contribution in [0, 0.1) is 0 Å². The van der Waals surface area contributed by atoms with Gasteiger partial charge in [0, 0.05) is 5.56 Å². The van der Waals surface area contributed by atoms with Gasteiger partial charge in [0.1, 0.15) is 17.1 Å². The number of aromatic hydroxyl groups is 1. The van der Waals surface area contributed by atoms with Crippen molar-refractivity contribution in [2.24, 2.45) is 0 Å². The summed E-state index contributed by atoms with van der Waals surface area (Å²) >= 11 is 1.36. The number of aromatic carboxylic acids is 1. The first-order valence-corrected chi connectivity index (χ1v) is 8.72. The van der Waals surface area contributed by atoms with E-state index in [0.29, 0.717) is 29.2 Å². The summed E-state index contributed by atoms with van der Waals surface area (Å²) in [5, 5.41) is 20.1. The Morgan fingerprint density at radius 3 is 2.58 bits per heavy atom. The summed E-state index contributed by atoms with van der Waals surface area (Å²) in [7, 11) is 3.00. The molecule has 138 valence electrons. The second-order valence-corrected chi connectivity index (χ2v) is 6.61. The first kappa shape index (κ1) is 19.5. The van der Waals surface area contributed by atoms with Gasteiger partial charge in [0.2, 0.25) is 5.88 Å². The minimum Gasteiger partial charge on any atom is -0.507 e. The van der Waals surface area contributed by atoms with Crippen LogP contribution in [0.5, 0.6) is 17.4 Å². The van der Waals surface area contributed by atoms with Crippen molar-refractivity contribution < 1.29 is 24.5 Å². The van der Waals surface area contributed by atoms with E-state index in [0.717, 1.165) is 10.5 Å². The molecule has 6 nitrogen and oxygen atoms in total. The molecule has 2 aromatic rings. The fourth-order valence-corrected chi connectivity index (χ4v) is 3.07. The molecule has 0 spiro atoms. The predicted molar refractivity (Wildman–Crippen MR) is 102 cm³/mol. The smallest absolute Gasteiger partial charge is 0.340 e. The summed E-state index contributed by atoms with van der Waals surface area (Å²) < 4.78 is 10.5. The number of rotatable bonds is 7. The molecule has 2 rings (SSSR count). The average molecular weight is 375 g/mol. The van der Waals surface area contributed by atoms with Crippen molar-refractivity contribution >= 4 is 29.5 Å². The Hall–Kier alpha value is -2.80. The van der Waals surface area contributed by atoms with Crippen LogP contribution in [-0.2, 0) is 6.42 Å². The minimum atomic E-state index is -1.21. The zero-order chi connectivity index (χ0) is 19.3. The van der Waals surface area contributed by atoms with E-state index in [1.165, 1.54) is 25.6 Å². The fourth-order valence-electron chi connectivity index (χ4n) is 2.42. The first-order chi connectivity index (χ1) is 12.4. The van der Waals surface area contributed by atoms with Gasteiger partial charge in [-0.25, -0.2) is 9.78 Å². The van der Waals surface area contributed by atoms with Crippen LogP contribution in [0.15, 0.2) is 23.2 Å². The molecular formula is C19H21NO5S. The number of thiazole rings is 1. The molecular weight excluding hydrogens is 354 g/mol. The van der Waals surface area contributed by atoms with Crippen LogP contribution < -0.4 is 9.47 Å². The molecule has 0 saturated carbocycles. The maximum atomic E-state index is 11.7. The van der Waals surface area contributed by atoms with E-state index < -0.39 is 5.97 Å². The molecule has 2 N–H and O–H groups in total. The monoisotopic (exact) mass is 375 g/mol. The van der Waals surface area contributed by atoms with Crippen LogP contribution in [0.2, 0.25) is 0 Å². The molecule has 0 saturated heterocycles. The number of allylic oxidation sites excluding steroid dienone is 2. The molecule has 1 heterocycles. The van der Waals surface area contributed by atoms with Crippen molar-refractivity contribution in [1.29, 1.82) is 0 Å². The summed E-state index contributed by atoms with van der Waals surface area (Å²) in [6.07, 6.45) is 5.59. The zero-order valence-electron chi connectivity index (χ0n) is 15.1. The average Bonchev–Trinajstić information content (AvgIpc) is 3.05. The highest BCUT2D eigenvalue weighted by Gasteiger charge is 2.21. The molecule has 26 heavy (non-hydrogen) atoms. The lowest BCUT2D eigenvalue weighted by Crippen LogP contribution is -2.04. The van der Waals surface area contributed by atoms with Crippen molar-refractivity contribution in [3.05, 3.63) is 44.8 Å². The summed E-state index contributed by atoms with van der Waals surface area (Å²) in [5.41, 5.74) is 3.31. The number of aromatic nitrogens is 1. The molecule has 0 aliphatic rings. The van der Waals surface area contributed by atoms with Crippen LogP contribution >= 0.6 is 11.3 Å². The molecule has 0 aliphatic heterocycles. The molecule has 0 atom stereocenters. The molecule has 0 amide bonds. The number of carbonyl (C=O) groups is 1. The molecule has 0 aliphatic carbocycles. The van der Waals surface area contributed by atoms with E-state index in [2.05, 4.69) is 4.98 Å².